The number of hydrogen-bond acceptors (Lipinski definition) is 3. The van der Waals surface area contributed by atoms with Gasteiger partial charge in [0.1, 0.15) is 5.54 Å². The van der Waals surface area contributed by atoms with Crippen molar-refractivity contribution in [2.24, 2.45) is 5.92 Å². The Labute approximate surface area is 92.6 Å². The van der Waals surface area contributed by atoms with E-state index in [1.54, 1.807) is 7.05 Å². The molecule has 0 heterocycles. The molecule has 6 heteroatoms. The van der Waals surface area contributed by atoms with Crippen molar-refractivity contribution in [3.05, 3.63) is 0 Å². The van der Waals surface area contributed by atoms with Gasteiger partial charge in [-0.15, -0.1) is 0 Å². The van der Waals surface area contributed by atoms with Crippen LogP contribution in [0.4, 0.5) is 13.2 Å². The maximum absolute atomic E-state index is 11.8. The lowest BCUT2D eigenvalue weighted by Gasteiger charge is -2.25. The van der Waals surface area contributed by atoms with Crippen molar-refractivity contribution in [1.82, 2.24) is 5.32 Å². The predicted molar refractivity (Wildman–Crippen MR) is 51.6 cm³/mol. The second-order valence-electron chi connectivity index (χ2n) is 4.03. The molecular weight excluding hydrogens is 221 g/mol. The van der Waals surface area contributed by atoms with Crippen molar-refractivity contribution in [3.63, 3.8) is 0 Å². The van der Waals surface area contributed by atoms with E-state index in [1.165, 1.54) is 0 Å². The summed E-state index contributed by atoms with van der Waals surface area (Å²) in [5.74, 6) is 0.202. The monoisotopic (exact) mass is 236 g/mol. The first-order chi connectivity index (χ1) is 7.43. The molecule has 0 aromatic carbocycles. The van der Waals surface area contributed by atoms with E-state index in [-0.39, 0.29) is 19.1 Å². The van der Waals surface area contributed by atoms with Crippen molar-refractivity contribution in [2.75, 3.05) is 20.3 Å². The molecule has 1 fully saturated rings. The van der Waals surface area contributed by atoms with Crippen molar-refractivity contribution in [1.29, 1.82) is 5.26 Å². The van der Waals surface area contributed by atoms with E-state index in [4.69, 9.17) is 10.00 Å². The second kappa shape index (κ2) is 5.02. The van der Waals surface area contributed by atoms with Crippen LogP contribution in [0.2, 0.25) is 0 Å². The summed E-state index contributed by atoms with van der Waals surface area (Å²) in [5, 5.41) is 11.9. The molecule has 92 valence electrons. The molecule has 0 aromatic rings. The van der Waals surface area contributed by atoms with E-state index in [2.05, 4.69) is 11.4 Å². The van der Waals surface area contributed by atoms with Gasteiger partial charge in [-0.1, -0.05) is 0 Å². The van der Waals surface area contributed by atoms with Gasteiger partial charge in [0.15, 0.2) is 0 Å². The first-order valence-electron chi connectivity index (χ1n) is 5.18. The molecule has 1 unspecified atom stereocenters. The quantitative estimate of drug-likeness (QED) is 0.716. The van der Waals surface area contributed by atoms with Crippen LogP contribution in [0.5, 0.6) is 0 Å². The summed E-state index contributed by atoms with van der Waals surface area (Å²) >= 11 is 0. The molecule has 0 amide bonds. The van der Waals surface area contributed by atoms with E-state index in [0.29, 0.717) is 0 Å². The molecule has 1 rings (SSSR count). The Morgan fingerprint density at radius 1 is 1.44 bits per heavy atom. The molecule has 1 atom stereocenters. The molecule has 1 saturated carbocycles. The topological polar surface area (TPSA) is 45.0 Å². The highest BCUT2D eigenvalue weighted by molar-refractivity contribution is 5.14. The van der Waals surface area contributed by atoms with E-state index in [0.717, 1.165) is 12.8 Å². The fraction of sp³-hybridized carbons (Fsp3) is 0.900. The molecule has 0 saturated heterocycles. The Hall–Kier alpha value is -0.800. The summed E-state index contributed by atoms with van der Waals surface area (Å²) in [4.78, 5) is 0. The predicted octanol–water partition coefficient (Wildman–Crippen LogP) is 1.85. The minimum atomic E-state index is -4.20. The third-order valence-corrected chi connectivity index (χ3v) is 2.78. The molecule has 16 heavy (non-hydrogen) atoms. The van der Waals surface area contributed by atoms with Gasteiger partial charge in [-0.05, 0) is 25.8 Å². The molecule has 0 aliphatic heterocycles. The van der Waals surface area contributed by atoms with Crippen LogP contribution in [0.25, 0.3) is 0 Å². The van der Waals surface area contributed by atoms with Crippen LogP contribution in [0.1, 0.15) is 19.3 Å². The average Bonchev–Trinajstić information content (AvgIpc) is 3.01. The molecule has 0 bridgehead atoms. The van der Waals surface area contributed by atoms with Crippen molar-refractivity contribution < 1.29 is 17.9 Å². The van der Waals surface area contributed by atoms with E-state index >= 15 is 0 Å². The number of rotatable bonds is 6. The fourth-order valence-corrected chi connectivity index (χ4v) is 1.57. The van der Waals surface area contributed by atoms with Crippen LogP contribution in [0.3, 0.4) is 0 Å². The third kappa shape index (κ3) is 3.65. The van der Waals surface area contributed by atoms with Gasteiger partial charge in [-0.2, -0.15) is 18.4 Å². The fourth-order valence-electron chi connectivity index (χ4n) is 1.57. The minimum absolute atomic E-state index is 0.0146. The lowest BCUT2D eigenvalue weighted by molar-refractivity contribution is -0.146. The Morgan fingerprint density at radius 2 is 2.06 bits per heavy atom. The maximum atomic E-state index is 11.8. The molecule has 1 aliphatic rings. The number of alkyl halides is 3. The zero-order chi connectivity index (χ0) is 12.2. The first-order valence-corrected chi connectivity index (χ1v) is 5.18. The molecule has 0 spiro atoms. The van der Waals surface area contributed by atoms with Gasteiger partial charge in [0, 0.05) is 0 Å². The third-order valence-electron chi connectivity index (χ3n) is 2.78. The molecule has 0 radical (unpaired) electrons. The first kappa shape index (κ1) is 13.3. The normalized spacial score (nSPS) is 20.2. The minimum Gasteiger partial charge on any atom is -0.378 e. The van der Waals surface area contributed by atoms with Crippen LogP contribution >= 0.6 is 0 Å². The van der Waals surface area contributed by atoms with Gasteiger partial charge in [0.2, 0.25) is 0 Å². The summed E-state index contributed by atoms with van der Waals surface area (Å²) in [6, 6.07) is 2.11. The molecule has 1 N–H and O–H groups in total. The molecular formula is C10H15F3N2O. The Bertz CT molecular complexity index is 270. The number of ether oxygens (including phenoxy) is 1. The highest BCUT2D eigenvalue weighted by Gasteiger charge is 2.45. The maximum Gasteiger partial charge on any atom is 0.391 e. The highest BCUT2D eigenvalue weighted by atomic mass is 19.4. The summed E-state index contributed by atoms with van der Waals surface area (Å²) in [6.45, 7) is -0.373. The van der Waals surface area contributed by atoms with Gasteiger partial charge in [-0.25, -0.2) is 0 Å². The van der Waals surface area contributed by atoms with Crippen molar-refractivity contribution >= 4 is 0 Å². The summed E-state index contributed by atoms with van der Waals surface area (Å²) in [6.07, 6.45) is -3.31. The smallest absolute Gasteiger partial charge is 0.378 e. The number of hydrogen-bond donors (Lipinski definition) is 1. The Kier molecular flexibility index (Phi) is 4.16. The Balaban J connectivity index is 2.32. The number of likely N-dealkylation sites (N-methyl/N-ethyl adjacent to an activating group) is 1. The number of nitriles is 1. The lowest BCUT2D eigenvalue weighted by Crippen LogP contribution is -2.48. The standard InChI is InChI=1S/C10H15F3N2O/c1-15-9(6-14,8-2-3-8)7-16-5-4-10(11,12)13/h8,15H,2-5,7H2,1H3. The Morgan fingerprint density at radius 3 is 2.44 bits per heavy atom. The summed E-state index contributed by atoms with van der Waals surface area (Å²) in [7, 11) is 1.63. The van der Waals surface area contributed by atoms with E-state index in [9.17, 15) is 13.2 Å². The zero-order valence-electron chi connectivity index (χ0n) is 9.10. The molecule has 1 aliphatic carbocycles. The van der Waals surface area contributed by atoms with Gasteiger partial charge < -0.3 is 10.1 Å². The highest BCUT2D eigenvalue weighted by Crippen LogP contribution is 2.39. The number of nitrogens with zero attached hydrogens (tertiary/aromatic N) is 1. The van der Waals surface area contributed by atoms with Gasteiger partial charge >= 0.3 is 6.18 Å². The van der Waals surface area contributed by atoms with Gasteiger partial charge in [-0.3, -0.25) is 0 Å². The van der Waals surface area contributed by atoms with E-state index in [1.807, 2.05) is 0 Å². The summed E-state index contributed by atoms with van der Waals surface area (Å²) < 4.78 is 40.5. The largest absolute Gasteiger partial charge is 0.391 e. The molecule has 0 aromatic heterocycles. The zero-order valence-corrected chi connectivity index (χ0v) is 9.10. The van der Waals surface area contributed by atoms with Gasteiger partial charge in [0.25, 0.3) is 0 Å². The number of halogens is 3. The SMILES string of the molecule is CNC(C#N)(COCCC(F)(F)F)C1CC1. The van der Waals surface area contributed by atoms with Crippen LogP contribution < -0.4 is 5.32 Å². The second-order valence-corrected chi connectivity index (χ2v) is 4.03. The number of nitrogens with one attached hydrogen (secondary N) is 1. The van der Waals surface area contributed by atoms with Crippen LogP contribution in [-0.4, -0.2) is 32.0 Å². The summed E-state index contributed by atoms with van der Waals surface area (Å²) in [5.41, 5.74) is -0.814. The van der Waals surface area contributed by atoms with Crippen molar-refractivity contribution in [3.8, 4) is 6.07 Å². The average molecular weight is 236 g/mol. The molecule has 3 nitrogen and oxygen atoms in total. The lowest BCUT2D eigenvalue weighted by atomic mass is 9.96. The van der Waals surface area contributed by atoms with Crippen LogP contribution in [0.15, 0.2) is 0 Å². The van der Waals surface area contributed by atoms with Crippen LogP contribution in [0, 0.1) is 17.2 Å². The van der Waals surface area contributed by atoms with Crippen LogP contribution in [-0.2, 0) is 4.74 Å². The van der Waals surface area contributed by atoms with Gasteiger partial charge in [0.05, 0.1) is 25.7 Å². The van der Waals surface area contributed by atoms with E-state index < -0.39 is 18.1 Å². The van der Waals surface area contributed by atoms with Crippen molar-refractivity contribution in [2.45, 2.75) is 31.0 Å².